The lowest BCUT2D eigenvalue weighted by molar-refractivity contribution is 0.796. The Morgan fingerprint density at radius 3 is 2.42 bits per heavy atom. The number of rotatable bonds is 1. The van der Waals surface area contributed by atoms with E-state index in [-0.39, 0.29) is 5.52 Å². The molecule has 6 heteroatoms. The predicted molar refractivity (Wildman–Crippen MR) is 72.0 cm³/mol. The number of aryl methyl sites for hydroxylation is 2. The molecule has 6 nitrogen and oxygen atoms in total. The predicted octanol–water partition coefficient (Wildman–Crippen LogP) is 0.627. The van der Waals surface area contributed by atoms with E-state index in [1.54, 1.807) is 18.7 Å². The van der Waals surface area contributed by atoms with Gasteiger partial charge in [-0.05, 0) is 0 Å². The first kappa shape index (κ1) is 11.5. The molecule has 0 spiro atoms. The minimum absolute atomic E-state index is 0.267. The molecular weight excluding hydrogens is 244 g/mol. The van der Waals surface area contributed by atoms with E-state index in [2.05, 4.69) is 9.97 Å². The van der Waals surface area contributed by atoms with Crippen molar-refractivity contribution >= 4 is 11.2 Å². The van der Waals surface area contributed by atoms with Crippen LogP contribution in [-0.4, -0.2) is 19.1 Å². The summed E-state index contributed by atoms with van der Waals surface area (Å²) in [4.78, 5) is 30.0. The van der Waals surface area contributed by atoms with Crippen molar-refractivity contribution in [3.05, 3.63) is 51.2 Å². The van der Waals surface area contributed by atoms with E-state index in [0.29, 0.717) is 11.5 Å². The third-order valence-electron chi connectivity index (χ3n) is 3.15. The average Bonchev–Trinajstić information content (AvgIpc) is 2.76. The van der Waals surface area contributed by atoms with Crippen LogP contribution in [0.25, 0.3) is 22.6 Å². The van der Waals surface area contributed by atoms with Gasteiger partial charge in [-0.15, -0.1) is 0 Å². The molecule has 0 aliphatic rings. The monoisotopic (exact) mass is 256 g/mol. The Hall–Kier alpha value is -2.63. The molecule has 1 aromatic carbocycles. The lowest BCUT2D eigenvalue weighted by Gasteiger charge is -2.04. The normalized spacial score (nSPS) is 11.1. The minimum Gasteiger partial charge on any atom is -0.313 e. The summed E-state index contributed by atoms with van der Waals surface area (Å²) in [6.07, 6.45) is 0. The van der Waals surface area contributed by atoms with Crippen LogP contribution in [0.5, 0.6) is 0 Å². The molecule has 0 bridgehead atoms. The molecule has 0 atom stereocenters. The zero-order valence-electron chi connectivity index (χ0n) is 10.5. The van der Waals surface area contributed by atoms with Crippen molar-refractivity contribution in [2.75, 3.05) is 0 Å². The lowest BCUT2D eigenvalue weighted by Crippen LogP contribution is -2.29. The zero-order valence-corrected chi connectivity index (χ0v) is 10.5. The van der Waals surface area contributed by atoms with Crippen molar-refractivity contribution in [1.82, 2.24) is 19.1 Å². The second kappa shape index (κ2) is 3.94. The average molecular weight is 256 g/mol. The highest BCUT2D eigenvalue weighted by molar-refractivity contribution is 5.76. The van der Waals surface area contributed by atoms with Crippen LogP contribution in [0.2, 0.25) is 0 Å². The van der Waals surface area contributed by atoms with Crippen LogP contribution in [-0.2, 0) is 14.1 Å². The van der Waals surface area contributed by atoms with Crippen molar-refractivity contribution in [2.24, 2.45) is 14.1 Å². The number of aromatic amines is 1. The molecule has 96 valence electrons. The molecule has 2 aromatic heterocycles. The summed E-state index contributed by atoms with van der Waals surface area (Å²) in [7, 11) is 3.40. The Balaban J connectivity index is 2.46. The van der Waals surface area contributed by atoms with Gasteiger partial charge in [0, 0.05) is 19.7 Å². The quantitative estimate of drug-likeness (QED) is 0.694. The van der Waals surface area contributed by atoms with Crippen LogP contribution >= 0.6 is 0 Å². The van der Waals surface area contributed by atoms with Crippen LogP contribution in [0.4, 0.5) is 0 Å². The van der Waals surface area contributed by atoms with Crippen LogP contribution in [0.15, 0.2) is 39.9 Å². The molecule has 19 heavy (non-hydrogen) atoms. The van der Waals surface area contributed by atoms with Gasteiger partial charge in [0.2, 0.25) is 0 Å². The lowest BCUT2D eigenvalue weighted by atomic mass is 10.2. The number of nitrogens with one attached hydrogen (secondary N) is 1. The maximum atomic E-state index is 11.8. The highest BCUT2D eigenvalue weighted by atomic mass is 16.2. The maximum Gasteiger partial charge on any atom is 0.329 e. The fourth-order valence-corrected chi connectivity index (χ4v) is 2.21. The molecule has 0 unspecified atom stereocenters. The summed E-state index contributed by atoms with van der Waals surface area (Å²) in [5, 5.41) is 0. The van der Waals surface area contributed by atoms with E-state index in [9.17, 15) is 9.59 Å². The third kappa shape index (κ3) is 1.61. The SMILES string of the molecule is Cn1c(-c2ccccc2)nc2c(=O)[nH]c(=O)n(C)c21. The molecule has 0 saturated heterocycles. The highest BCUT2D eigenvalue weighted by Gasteiger charge is 2.15. The van der Waals surface area contributed by atoms with Crippen LogP contribution < -0.4 is 11.2 Å². The Morgan fingerprint density at radius 1 is 1.05 bits per heavy atom. The van der Waals surface area contributed by atoms with E-state index in [4.69, 9.17) is 0 Å². The molecule has 2 heterocycles. The number of fused-ring (bicyclic) bond motifs is 1. The van der Waals surface area contributed by atoms with Gasteiger partial charge in [-0.25, -0.2) is 9.78 Å². The number of hydrogen-bond acceptors (Lipinski definition) is 3. The van der Waals surface area contributed by atoms with Crippen LogP contribution in [0, 0.1) is 0 Å². The van der Waals surface area contributed by atoms with Crippen LogP contribution in [0.1, 0.15) is 0 Å². The first-order chi connectivity index (χ1) is 9.09. The molecular formula is C13H12N4O2. The first-order valence-electron chi connectivity index (χ1n) is 5.80. The second-order valence-corrected chi connectivity index (χ2v) is 4.35. The molecule has 3 aromatic rings. The van der Waals surface area contributed by atoms with Gasteiger partial charge < -0.3 is 4.57 Å². The second-order valence-electron chi connectivity index (χ2n) is 4.35. The molecule has 0 amide bonds. The smallest absolute Gasteiger partial charge is 0.313 e. The Labute approximate surface area is 108 Å². The summed E-state index contributed by atoms with van der Waals surface area (Å²) < 4.78 is 3.14. The van der Waals surface area contributed by atoms with Crippen LogP contribution in [0.3, 0.4) is 0 Å². The first-order valence-corrected chi connectivity index (χ1v) is 5.80. The van der Waals surface area contributed by atoms with Gasteiger partial charge in [0.25, 0.3) is 5.56 Å². The van der Waals surface area contributed by atoms with E-state index in [1.165, 1.54) is 4.57 Å². The number of imidazole rings is 1. The molecule has 0 fully saturated rings. The molecule has 1 N–H and O–H groups in total. The molecule has 0 aliphatic heterocycles. The standard InChI is InChI=1S/C13H12N4O2/c1-16-10(8-6-4-3-5-7-8)14-9-11(18)15-13(19)17(2)12(9)16/h3-7H,1-2H3,(H,15,18,19). The van der Waals surface area contributed by atoms with Crippen molar-refractivity contribution < 1.29 is 0 Å². The van der Waals surface area contributed by atoms with Crippen molar-refractivity contribution in [1.29, 1.82) is 0 Å². The number of H-pyrrole nitrogens is 1. The van der Waals surface area contributed by atoms with E-state index < -0.39 is 11.2 Å². The minimum atomic E-state index is -0.462. The number of aromatic nitrogens is 4. The summed E-state index contributed by atoms with van der Waals surface area (Å²) in [5.41, 5.74) is 0.764. The van der Waals surface area contributed by atoms with Crippen molar-refractivity contribution in [3.63, 3.8) is 0 Å². The fourth-order valence-electron chi connectivity index (χ4n) is 2.21. The molecule has 0 aliphatic carbocycles. The van der Waals surface area contributed by atoms with E-state index >= 15 is 0 Å². The van der Waals surface area contributed by atoms with E-state index in [1.807, 2.05) is 30.3 Å². The number of hydrogen-bond donors (Lipinski definition) is 1. The number of benzene rings is 1. The van der Waals surface area contributed by atoms with Gasteiger partial charge in [-0.1, -0.05) is 30.3 Å². The summed E-state index contributed by atoms with van der Waals surface area (Å²) in [6, 6.07) is 9.53. The molecule has 3 rings (SSSR count). The van der Waals surface area contributed by atoms with Gasteiger partial charge in [0.05, 0.1) is 0 Å². The number of nitrogens with zero attached hydrogens (tertiary/aromatic N) is 3. The summed E-state index contributed by atoms with van der Waals surface area (Å²) in [6.45, 7) is 0. The van der Waals surface area contributed by atoms with E-state index in [0.717, 1.165) is 5.56 Å². The van der Waals surface area contributed by atoms with Gasteiger partial charge >= 0.3 is 5.69 Å². The molecule has 0 saturated carbocycles. The Kier molecular flexibility index (Phi) is 2.38. The topological polar surface area (TPSA) is 72.7 Å². The zero-order chi connectivity index (χ0) is 13.6. The largest absolute Gasteiger partial charge is 0.329 e. The van der Waals surface area contributed by atoms with Crippen molar-refractivity contribution in [3.8, 4) is 11.4 Å². The third-order valence-corrected chi connectivity index (χ3v) is 3.15. The highest BCUT2D eigenvalue weighted by Crippen LogP contribution is 2.20. The Bertz CT molecular complexity index is 871. The van der Waals surface area contributed by atoms with Gasteiger partial charge in [-0.3, -0.25) is 14.3 Å². The molecule has 0 radical (unpaired) electrons. The van der Waals surface area contributed by atoms with Gasteiger partial charge in [0.15, 0.2) is 5.52 Å². The van der Waals surface area contributed by atoms with Gasteiger partial charge in [0.1, 0.15) is 11.5 Å². The van der Waals surface area contributed by atoms with Gasteiger partial charge in [-0.2, -0.15) is 0 Å². The Morgan fingerprint density at radius 2 is 1.74 bits per heavy atom. The maximum absolute atomic E-state index is 11.8. The summed E-state index contributed by atoms with van der Waals surface area (Å²) in [5.74, 6) is 0.655. The van der Waals surface area contributed by atoms with Crippen molar-refractivity contribution in [2.45, 2.75) is 0 Å². The summed E-state index contributed by atoms with van der Waals surface area (Å²) >= 11 is 0. The fraction of sp³-hybridized carbons (Fsp3) is 0.154.